The maximum Gasteiger partial charge on any atom is 0.157 e. The fourth-order valence-corrected chi connectivity index (χ4v) is 1.66. The third-order valence-corrected chi connectivity index (χ3v) is 2.76. The number of rotatable bonds is 5. The molecule has 18 heavy (non-hydrogen) atoms. The van der Waals surface area contributed by atoms with Gasteiger partial charge in [-0.15, -0.1) is 0 Å². The first-order valence-electron chi connectivity index (χ1n) is 6.14. The normalized spacial score (nSPS) is 12.7. The summed E-state index contributed by atoms with van der Waals surface area (Å²) in [6.07, 6.45) is 3.61. The van der Waals surface area contributed by atoms with Crippen LogP contribution in [0.4, 0.5) is 0 Å². The van der Waals surface area contributed by atoms with Gasteiger partial charge in [-0.3, -0.25) is 4.68 Å². The molecule has 0 saturated carbocycles. The van der Waals surface area contributed by atoms with E-state index in [4.69, 9.17) is 10.5 Å². The molecule has 96 valence electrons. The van der Waals surface area contributed by atoms with Crippen molar-refractivity contribution >= 4 is 0 Å². The lowest BCUT2D eigenvalue weighted by Gasteiger charge is -2.12. The minimum Gasteiger partial charge on any atom is -0.488 e. The highest BCUT2D eigenvalue weighted by atomic mass is 16.5. The van der Waals surface area contributed by atoms with Crippen LogP contribution in [0.15, 0.2) is 42.7 Å². The zero-order valence-corrected chi connectivity index (χ0v) is 10.8. The van der Waals surface area contributed by atoms with Gasteiger partial charge in [0.1, 0.15) is 6.61 Å². The summed E-state index contributed by atoms with van der Waals surface area (Å²) in [5, 5.41) is 4.22. The zero-order chi connectivity index (χ0) is 13.0. The Morgan fingerprint density at radius 3 is 2.61 bits per heavy atom. The monoisotopic (exact) mass is 245 g/mol. The minimum atomic E-state index is -0.117. The predicted molar refractivity (Wildman–Crippen MR) is 71.5 cm³/mol. The molecule has 4 nitrogen and oxygen atoms in total. The van der Waals surface area contributed by atoms with Crippen LogP contribution >= 0.6 is 0 Å². The standard InChI is InChI=1S/C14H19N3O/c1-11(2)17-9-13(8-16-17)18-10-14(15)12-6-4-3-5-7-12/h3-9,11,14H,10,15H2,1-2H3. The average molecular weight is 245 g/mol. The fourth-order valence-electron chi connectivity index (χ4n) is 1.66. The zero-order valence-electron chi connectivity index (χ0n) is 10.8. The Morgan fingerprint density at radius 2 is 2.00 bits per heavy atom. The van der Waals surface area contributed by atoms with Gasteiger partial charge in [0.05, 0.1) is 18.4 Å². The summed E-state index contributed by atoms with van der Waals surface area (Å²) in [6.45, 7) is 4.60. The van der Waals surface area contributed by atoms with Crippen LogP contribution in [0, 0.1) is 0 Å². The molecule has 2 N–H and O–H groups in total. The van der Waals surface area contributed by atoms with E-state index in [1.807, 2.05) is 41.2 Å². The van der Waals surface area contributed by atoms with E-state index in [-0.39, 0.29) is 6.04 Å². The fraction of sp³-hybridized carbons (Fsp3) is 0.357. The highest BCUT2D eigenvalue weighted by Crippen LogP contribution is 2.15. The molecule has 4 heteroatoms. The van der Waals surface area contributed by atoms with Crippen LogP contribution in [0.1, 0.15) is 31.5 Å². The molecule has 1 heterocycles. The molecule has 0 aliphatic carbocycles. The molecule has 0 fully saturated rings. The van der Waals surface area contributed by atoms with Gasteiger partial charge < -0.3 is 10.5 Å². The van der Waals surface area contributed by atoms with E-state index >= 15 is 0 Å². The molecule has 0 spiro atoms. The van der Waals surface area contributed by atoms with Gasteiger partial charge >= 0.3 is 0 Å². The van der Waals surface area contributed by atoms with Crippen molar-refractivity contribution in [3.05, 3.63) is 48.3 Å². The Labute approximate surface area is 107 Å². The van der Waals surface area contributed by atoms with E-state index in [9.17, 15) is 0 Å². The molecule has 2 aromatic rings. The summed E-state index contributed by atoms with van der Waals surface area (Å²) in [7, 11) is 0. The largest absolute Gasteiger partial charge is 0.488 e. The molecular weight excluding hydrogens is 226 g/mol. The molecule has 1 aromatic carbocycles. The molecule has 1 atom stereocenters. The molecule has 0 amide bonds. The third-order valence-electron chi connectivity index (χ3n) is 2.76. The first kappa shape index (κ1) is 12.6. The third kappa shape index (κ3) is 3.11. The summed E-state index contributed by atoms with van der Waals surface area (Å²) >= 11 is 0. The highest BCUT2D eigenvalue weighted by molar-refractivity contribution is 5.19. The summed E-state index contributed by atoms with van der Waals surface area (Å²) in [5.74, 6) is 0.759. The van der Waals surface area contributed by atoms with Crippen molar-refractivity contribution < 1.29 is 4.74 Å². The number of benzene rings is 1. The summed E-state index contributed by atoms with van der Waals surface area (Å²) in [6, 6.07) is 10.2. The predicted octanol–water partition coefficient (Wildman–Crippen LogP) is 2.54. The van der Waals surface area contributed by atoms with Gasteiger partial charge in [0.25, 0.3) is 0 Å². The molecule has 0 radical (unpaired) electrons. The Kier molecular flexibility index (Phi) is 3.99. The van der Waals surface area contributed by atoms with Gasteiger partial charge in [-0.2, -0.15) is 5.10 Å². The molecule has 1 unspecified atom stereocenters. The lowest BCUT2D eigenvalue weighted by Crippen LogP contribution is -2.18. The van der Waals surface area contributed by atoms with E-state index in [2.05, 4.69) is 18.9 Å². The van der Waals surface area contributed by atoms with Gasteiger partial charge in [-0.1, -0.05) is 30.3 Å². The molecule has 0 aliphatic heterocycles. The van der Waals surface area contributed by atoms with Crippen LogP contribution in [0.2, 0.25) is 0 Å². The Hall–Kier alpha value is -1.81. The Morgan fingerprint density at radius 1 is 1.28 bits per heavy atom. The van der Waals surface area contributed by atoms with Crippen molar-refractivity contribution in [3.8, 4) is 5.75 Å². The maximum atomic E-state index is 6.06. The summed E-state index contributed by atoms with van der Waals surface area (Å²) in [4.78, 5) is 0. The van der Waals surface area contributed by atoms with Gasteiger partial charge in [0, 0.05) is 6.04 Å². The van der Waals surface area contributed by atoms with Crippen molar-refractivity contribution in [2.75, 3.05) is 6.61 Å². The lowest BCUT2D eigenvalue weighted by molar-refractivity contribution is 0.290. The molecular formula is C14H19N3O. The smallest absolute Gasteiger partial charge is 0.157 e. The van der Waals surface area contributed by atoms with Crippen LogP contribution in [0.5, 0.6) is 5.75 Å². The van der Waals surface area contributed by atoms with Crippen molar-refractivity contribution in [2.45, 2.75) is 25.9 Å². The van der Waals surface area contributed by atoms with Crippen molar-refractivity contribution in [1.82, 2.24) is 9.78 Å². The summed E-state index contributed by atoms with van der Waals surface area (Å²) < 4.78 is 7.51. The van der Waals surface area contributed by atoms with Crippen LogP contribution < -0.4 is 10.5 Å². The van der Waals surface area contributed by atoms with Crippen LogP contribution in [-0.4, -0.2) is 16.4 Å². The first-order valence-corrected chi connectivity index (χ1v) is 6.14. The maximum absolute atomic E-state index is 6.06. The number of hydrogen-bond acceptors (Lipinski definition) is 3. The number of nitrogens with two attached hydrogens (primary N) is 1. The van der Waals surface area contributed by atoms with Gasteiger partial charge in [-0.25, -0.2) is 0 Å². The topological polar surface area (TPSA) is 53.1 Å². The van der Waals surface area contributed by atoms with Crippen LogP contribution in [-0.2, 0) is 0 Å². The van der Waals surface area contributed by atoms with E-state index in [1.165, 1.54) is 0 Å². The molecule has 0 saturated heterocycles. The quantitative estimate of drug-likeness (QED) is 0.880. The molecule has 2 rings (SSSR count). The van der Waals surface area contributed by atoms with E-state index in [0.29, 0.717) is 12.6 Å². The average Bonchev–Trinajstić information content (AvgIpc) is 2.86. The first-order chi connectivity index (χ1) is 8.66. The van der Waals surface area contributed by atoms with Gasteiger partial charge in [-0.05, 0) is 19.4 Å². The number of nitrogens with zero attached hydrogens (tertiary/aromatic N) is 2. The second-order valence-corrected chi connectivity index (χ2v) is 4.58. The second kappa shape index (κ2) is 5.69. The summed E-state index contributed by atoms with van der Waals surface area (Å²) in [5.41, 5.74) is 7.13. The Bertz CT molecular complexity index is 479. The van der Waals surface area contributed by atoms with E-state index in [0.717, 1.165) is 11.3 Å². The van der Waals surface area contributed by atoms with Crippen molar-refractivity contribution in [1.29, 1.82) is 0 Å². The highest BCUT2D eigenvalue weighted by Gasteiger charge is 2.08. The number of aromatic nitrogens is 2. The molecule has 0 bridgehead atoms. The minimum absolute atomic E-state index is 0.117. The molecule has 1 aromatic heterocycles. The van der Waals surface area contributed by atoms with Gasteiger partial charge in [0.2, 0.25) is 0 Å². The SMILES string of the molecule is CC(C)n1cc(OCC(N)c2ccccc2)cn1. The second-order valence-electron chi connectivity index (χ2n) is 4.58. The van der Waals surface area contributed by atoms with Crippen molar-refractivity contribution in [2.24, 2.45) is 5.73 Å². The van der Waals surface area contributed by atoms with Crippen LogP contribution in [0.25, 0.3) is 0 Å². The number of hydrogen-bond donors (Lipinski definition) is 1. The van der Waals surface area contributed by atoms with E-state index < -0.39 is 0 Å². The van der Waals surface area contributed by atoms with E-state index in [1.54, 1.807) is 6.20 Å². The van der Waals surface area contributed by atoms with Gasteiger partial charge in [0.15, 0.2) is 5.75 Å². The number of ether oxygens (including phenoxy) is 1. The molecule has 0 aliphatic rings. The van der Waals surface area contributed by atoms with Crippen LogP contribution in [0.3, 0.4) is 0 Å². The van der Waals surface area contributed by atoms with Crippen molar-refractivity contribution in [3.63, 3.8) is 0 Å². The lowest BCUT2D eigenvalue weighted by atomic mass is 10.1. The Balaban J connectivity index is 1.91.